The lowest BCUT2D eigenvalue weighted by Crippen LogP contribution is -2.33. The topological polar surface area (TPSA) is 33.4 Å². The van der Waals surface area contributed by atoms with Gasteiger partial charge in [-0.15, -0.1) is 0 Å². The number of aliphatic imine (C=N–C) groups is 1. The standard InChI is InChI=1S/C18H23FN4/c1-3-17(22-9-6-16(19)7-10-22)12-21-14(2)23-11-5-15-4-8-20-13-18(15)23/h4-5,8,11-13,16H,3,6-7,9-10H2,1-2H3/b17-12+,21-14?. The minimum absolute atomic E-state index is 0.619. The molecular weight excluding hydrogens is 291 g/mol. The number of fused-ring (bicyclic) bond motifs is 1. The molecule has 0 spiro atoms. The zero-order chi connectivity index (χ0) is 16.2. The second-order valence-corrected chi connectivity index (χ2v) is 5.93. The molecule has 3 rings (SSSR count). The van der Waals surface area contributed by atoms with Crippen LogP contribution >= 0.6 is 0 Å². The van der Waals surface area contributed by atoms with E-state index >= 15 is 0 Å². The largest absolute Gasteiger partial charge is 0.373 e. The Balaban J connectivity index is 1.81. The molecule has 4 nitrogen and oxygen atoms in total. The van der Waals surface area contributed by atoms with Gasteiger partial charge >= 0.3 is 0 Å². The molecule has 23 heavy (non-hydrogen) atoms. The van der Waals surface area contributed by atoms with Crippen molar-refractivity contribution in [1.82, 2.24) is 14.5 Å². The Morgan fingerprint density at radius 2 is 2.17 bits per heavy atom. The van der Waals surface area contributed by atoms with E-state index in [-0.39, 0.29) is 0 Å². The van der Waals surface area contributed by atoms with Gasteiger partial charge in [0.05, 0.1) is 11.7 Å². The van der Waals surface area contributed by atoms with Crippen molar-refractivity contribution >= 4 is 16.7 Å². The van der Waals surface area contributed by atoms with Crippen LogP contribution < -0.4 is 0 Å². The highest BCUT2D eigenvalue weighted by Crippen LogP contribution is 2.20. The van der Waals surface area contributed by atoms with Gasteiger partial charge in [-0.1, -0.05) is 6.92 Å². The molecule has 2 aromatic heterocycles. The number of allylic oxidation sites excluding steroid dienone is 1. The maximum Gasteiger partial charge on any atom is 0.110 e. The van der Waals surface area contributed by atoms with E-state index in [1.54, 1.807) is 6.20 Å². The Morgan fingerprint density at radius 1 is 1.39 bits per heavy atom. The molecule has 122 valence electrons. The van der Waals surface area contributed by atoms with E-state index in [1.807, 2.05) is 36.2 Å². The lowest BCUT2D eigenvalue weighted by atomic mass is 10.1. The van der Waals surface area contributed by atoms with Crippen LogP contribution in [0.15, 0.2) is 47.6 Å². The van der Waals surface area contributed by atoms with Crippen LogP contribution in [0.2, 0.25) is 0 Å². The SMILES string of the molecule is CC/C(=C\N=C(C)n1ccc2ccncc21)N1CCC(F)CC1. The van der Waals surface area contributed by atoms with E-state index in [0.29, 0.717) is 12.8 Å². The predicted octanol–water partition coefficient (Wildman–Crippen LogP) is 3.99. The van der Waals surface area contributed by atoms with Crippen molar-refractivity contribution < 1.29 is 4.39 Å². The van der Waals surface area contributed by atoms with Gasteiger partial charge in [-0.25, -0.2) is 9.38 Å². The quantitative estimate of drug-likeness (QED) is 0.634. The van der Waals surface area contributed by atoms with Crippen molar-refractivity contribution in [3.63, 3.8) is 0 Å². The zero-order valence-electron chi connectivity index (χ0n) is 13.7. The first kappa shape index (κ1) is 15.7. The van der Waals surface area contributed by atoms with Crippen molar-refractivity contribution in [2.75, 3.05) is 13.1 Å². The average molecular weight is 314 g/mol. The van der Waals surface area contributed by atoms with Crippen molar-refractivity contribution in [2.24, 2.45) is 4.99 Å². The maximum absolute atomic E-state index is 13.3. The first-order valence-corrected chi connectivity index (χ1v) is 8.23. The summed E-state index contributed by atoms with van der Waals surface area (Å²) in [4.78, 5) is 11.1. The molecule has 2 aromatic rings. The number of halogens is 1. The second kappa shape index (κ2) is 6.94. The molecule has 0 amide bonds. The van der Waals surface area contributed by atoms with Gasteiger partial charge in [-0.3, -0.25) is 4.98 Å². The Kier molecular flexibility index (Phi) is 4.74. The normalized spacial score (nSPS) is 18.0. The highest BCUT2D eigenvalue weighted by molar-refractivity contribution is 5.93. The van der Waals surface area contributed by atoms with E-state index in [2.05, 4.69) is 27.9 Å². The number of pyridine rings is 1. The summed E-state index contributed by atoms with van der Waals surface area (Å²) in [6.07, 6.45) is 9.08. The lowest BCUT2D eigenvalue weighted by molar-refractivity contribution is 0.176. The summed E-state index contributed by atoms with van der Waals surface area (Å²) in [7, 11) is 0. The van der Waals surface area contributed by atoms with Gasteiger partial charge in [0.15, 0.2) is 0 Å². The summed E-state index contributed by atoms with van der Waals surface area (Å²) in [5, 5.41) is 1.15. The number of alkyl halides is 1. The molecule has 1 fully saturated rings. The molecule has 0 saturated carbocycles. The number of nitrogens with zero attached hydrogens (tertiary/aromatic N) is 4. The van der Waals surface area contributed by atoms with Crippen LogP contribution in [0.1, 0.15) is 33.1 Å². The Bertz CT molecular complexity index is 723. The number of hydrogen-bond acceptors (Lipinski definition) is 3. The Hall–Kier alpha value is -2.17. The lowest BCUT2D eigenvalue weighted by Gasteiger charge is -2.31. The third kappa shape index (κ3) is 3.44. The summed E-state index contributed by atoms with van der Waals surface area (Å²) < 4.78 is 15.3. The molecule has 1 saturated heterocycles. The van der Waals surface area contributed by atoms with Crippen LogP contribution in [0.3, 0.4) is 0 Å². The maximum atomic E-state index is 13.3. The number of hydrogen-bond donors (Lipinski definition) is 0. The highest BCUT2D eigenvalue weighted by Gasteiger charge is 2.19. The third-order valence-electron chi connectivity index (χ3n) is 4.44. The first-order valence-electron chi connectivity index (χ1n) is 8.23. The number of aromatic nitrogens is 2. The van der Waals surface area contributed by atoms with Gasteiger partial charge in [0.1, 0.15) is 12.0 Å². The molecule has 0 bridgehead atoms. The molecule has 0 atom stereocenters. The smallest absolute Gasteiger partial charge is 0.110 e. The summed E-state index contributed by atoms with van der Waals surface area (Å²) in [6.45, 7) is 5.68. The summed E-state index contributed by atoms with van der Waals surface area (Å²) >= 11 is 0. The second-order valence-electron chi connectivity index (χ2n) is 5.93. The van der Waals surface area contributed by atoms with E-state index in [4.69, 9.17) is 0 Å². The molecule has 0 N–H and O–H groups in total. The first-order chi connectivity index (χ1) is 11.2. The molecule has 0 unspecified atom stereocenters. The minimum Gasteiger partial charge on any atom is -0.373 e. The fourth-order valence-corrected chi connectivity index (χ4v) is 3.02. The van der Waals surface area contributed by atoms with E-state index in [1.165, 1.54) is 5.70 Å². The fourth-order valence-electron chi connectivity index (χ4n) is 3.02. The molecule has 1 aliphatic rings. The van der Waals surface area contributed by atoms with Crippen molar-refractivity contribution in [3.05, 3.63) is 42.6 Å². The van der Waals surface area contributed by atoms with Gasteiger partial charge < -0.3 is 9.47 Å². The average Bonchev–Trinajstić information content (AvgIpc) is 3.01. The molecule has 0 radical (unpaired) electrons. The summed E-state index contributed by atoms with van der Waals surface area (Å²) in [5.41, 5.74) is 2.23. The van der Waals surface area contributed by atoms with Gasteiger partial charge in [-0.05, 0) is 38.3 Å². The van der Waals surface area contributed by atoms with Crippen LogP contribution in [-0.2, 0) is 0 Å². The van der Waals surface area contributed by atoms with Crippen molar-refractivity contribution in [1.29, 1.82) is 0 Å². The van der Waals surface area contributed by atoms with Gasteiger partial charge in [0, 0.05) is 42.8 Å². The number of likely N-dealkylation sites (tertiary alicyclic amines) is 1. The van der Waals surface area contributed by atoms with Gasteiger partial charge in [0.25, 0.3) is 0 Å². The number of rotatable bonds is 3. The molecule has 0 aliphatic carbocycles. The summed E-state index contributed by atoms with van der Waals surface area (Å²) in [5.74, 6) is 0.902. The van der Waals surface area contributed by atoms with Crippen LogP contribution in [0.4, 0.5) is 4.39 Å². The third-order valence-corrected chi connectivity index (χ3v) is 4.44. The minimum atomic E-state index is -0.645. The fraction of sp³-hybridized carbons (Fsp3) is 0.444. The predicted molar refractivity (Wildman–Crippen MR) is 92.3 cm³/mol. The van der Waals surface area contributed by atoms with Crippen LogP contribution in [0.5, 0.6) is 0 Å². The van der Waals surface area contributed by atoms with Crippen molar-refractivity contribution in [3.8, 4) is 0 Å². The highest BCUT2D eigenvalue weighted by atomic mass is 19.1. The van der Waals surface area contributed by atoms with E-state index in [0.717, 1.165) is 36.2 Å². The molecule has 0 aromatic carbocycles. The monoisotopic (exact) mass is 314 g/mol. The van der Waals surface area contributed by atoms with Crippen LogP contribution in [0, 0.1) is 0 Å². The Labute approximate surface area is 136 Å². The number of piperidine rings is 1. The van der Waals surface area contributed by atoms with Gasteiger partial charge in [-0.2, -0.15) is 0 Å². The Morgan fingerprint density at radius 3 is 2.91 bits per heavy atom. The molecule has 3 heterocycles. The van der Waals surface area contributed by atoms with E-state index in [9.17, 15) is 4.39 Å². The van der Waals surface area contributed by atoms with E-state index < -0.39 is 6.17 Å². The zero-order valence-corrected chi connectivity index (χ0v) is 13.7. The van der Waals surface area contributed by atoms with Crippen molar-refractivity contribution in [2.45, 2.75) is 39.3 Å². The summed E-state index contributed by atoms with van der Waals surface area (Å²) in [6, 6.07) is 4.06. The molecule has 1 aliphatic heterocycles. The molecular formula is C18H23FN4. The van der Waals surface area contributed by atoms with Crippen LogP contribution in [0.25, 0.3) is 10.9 Å². The van der Waals surface area contributed by atoms with Gasteiger partial charge in [0.2, 0.25) is 0 Å². The van der Waals surface area contributed by atoms with Crippen LogP contribution in [-0.4, -0.2) is 39.5 Å². The molecule has 5 heteroatoms.